The average Bonchev–Trinajstić information content (AvgIpc) is 2.38. The highest BCUT2D eigenvalue weighted by atomic mass is 35.5. The van der Waals surface area contributed by atoms with E-state index < -0.39 is 15.8 Å². The number of nitrogens with two attached hydrogens (primary N) is 1. The Morgan fingerprint density at radius 2 is 1.90 bits per heavy atom. The number of hydrogen-bond acceptors (Lipinski definition) is 3. The van der Waals surface area contributed by atoms with Crippen molar-refractivity contribution in [1.82, 2.24) is 4.31 Å². The van der Waals surface area contributed by atoms with Gasteiger partial charge in [-0.25, -0.2) is 17.1 Å². The van der Waals surface area contributed by atoms with Crippen molar-refractivity contribution in [1.29, 1.82) is 0 Å². The number of rotatable bonds is 6. The molecule has 0 fully saturated rings. The summed E-state index contributed by atoms with van der Waals surface area (Å²) >= 11 is 0. The summed E-state index contributed by atoms with van der Waals surface area (Å²) in [7, 11) is -2.18. The lowest BCUT2D eigenvalue weighted by atomic mass is 10.0. The summed E-state index contributed by atoms with van der Waals surface area (Å²) in [6.45, 7) is 5.90. The zero-order valence-electron chi connectivity index (χ0n) is 12.8. The van der Waals surface area contributed by atoms with E-state index in [4.69, 9.17) is 5.73 Å². The van der Waals surface area contributed by atoms with E-state index in [-0.39, 0.29) is 23.3 Å². The Kier molecular flexibility index (Phi) is 7.81. The first kappa shape index (κ1) is 20.3. The smallest absolute Gasteiger partial charge is 0.242 e. The minimum atomic E-state index is -3.66. The van der Waals surface area contributed by atoms with Crippen LogP contribution in [0.15, 0.2) is 23.1 Å². The molecule has 1 aromatic rings. The monoisotopic (exact) mass is 338 g/mol. The summed E-state index contributed by atoms with van der Waals surface area (Å²) in [5.41, 5.74) is 6.33. The minimum absolute atomic E-state index is 0. The number of halogens is 2. The summed E-state index contributed by atoms with van der Waals surface area (Å²) in [5, 5.41) is 0. The van der Waals surface area contributed by atoms with Gasteiger partial charge in [0.1, 0.15) is 5.82 Å². The van der Waals surface area contributed by atoms with Crippen molar-refractivity contribution < 1.29 is 12.8 Å². The molecule has 0 saturated carbocycles. The molecule has 122 valence electrons. The quantitative estimate of drug-likeness (QED) is 0.867. The molecule has 0 aliphatic heterocycles. The Bertz CT molecular complexity index is 564. The van der Waals surface area contributed by atoms with E-state index in [1.165, 1.54) is 23.5 Å². The molecule has 0 saturated heterocycles. The van der Waals surface area contributed by atoms with Crippen LogP contribution in [-0.2, 0) is 10.0 Å². The third kappa shape index (κ3) is 5.21. The van der Waals surface area contributed by atoms with Gasteiger partial charge in [0, 0.05) is 19.6 Å². The first-order chi connectivity index (χ1) is 9.16. The molecule has 0 aromatic heterocycles. The van der Waals surface area contributed by atoms with Crippen molar-refractivity contribution in [2.75, 3.05) is 13.6 Å². The fourth-order valence-corrected chi connectivity index (χ4v) is 2.90. The largest absolute Gasteiger partial charge is 0.327 e. The highest BCUT2D eigenvalue weighted by Crippen LogP contribution is 2.18. The number of benzene rings is 1. The Balaban J connectivity index is 0.00000400. The lowest BCUT2D eigenvalue weighted by Gasteiger charge is -2.21. The molecule has 1 rings (SSSR count). The van der Waals surface area contributed by atoms with Crippen LogP contribution in [0.5, 0.6) is 0 Å². The van der Waals surface area contributed by atoms with Gasteiger partial charge in [-0.2, -0.15) is 0 Å². The zero-order chi connectivity index (χ0) is 15.5. The topological polar surface area (TPSA) is 63.4 Å². The third-order valence-corrected chi connectivity index (χ3v) is 5.34. The van der Waals surface area contributed by atoms with Crippen molar-refractivity contribution in [3.63, 3.8) is 0 Å². The third-order valence-electron chi connectivity index (χ3n) is 3.49. The zero-order valence-corrected chi connectivity index (χ0v) is 14.5. The van der Waals surface area contributed by atoms with Crippen molar-refractivity contribution in [2.45, 2.75) is 38.1 Å². The van der Waals surface area contributed by atoms with E-state index in [1.54, 1.807) is 6.92 Å². The molecule has 1 atom stereocenters. The van der Waals surface area contributed by atoms with Crippen LogP contribution in [0.4, 0.5) is 4.39 Å². The molecule has 0 bridgehead atoms. The second-order valence-electron chi connectivity index (χ2n) is 5.43. The molecule has 7 heteroatoms. The Hall–Kier alpha value is -0.690. The highest BCUT2D eigenvalue weighted by Gasteiger charge is 2.22. The van der Waals surface area contributed by atoms with Gasteiger partial charge in [-0.05, 0) is 37.0 Å². The van der Waals surface area contributed by atoms with Gasteiger partial charge < -0.3 is 5.73 Å². The molecule has 0 aliphatic rings. The molecule has 21 heavy (non-hydrogen) atoms. The molecule has 1 aromatic carbocycles. The van der Waals surface area contributed by atoms with Crippen LogP contribution >= 0.6 is 12.4 Å². The Morgan fingerprint density at radius 3 is 2.38 bits per heavy atom. The predicted octanol–water partition coefficient (Wildman–Crippen LogP) is 2.55. The SMILES string of the molecule is Cc1ccc(S(=O)(=O)N(C)CCC(N)C(C)C)cc1F.Cl. The summed E-state index contributed by atoms with van der Waals surface area (Å²) in [4.78, 5) is -0.0266. The van der Waals surface area contributed by atoms with Gasteiger partial charge in [0.25, 0.3) is 0 Å². The molecular formula is C14H24ClFN2O2S. The van der Waals surface area contributed by atoms with Gasteiger partial charge in [-0.1, -0.05) is 19.9 Å². The fraction of sp³-hybridized carbons (Fsp3) is 0.571. The van der Waals surface area contributed by atoms with Gasteiger partial charge in [0.15, 0.2) is 0 Å². The molecule has 0 heterocycles. The number of nitrogens with zero attached hydrogens (tertiary/aromatic N) is 1. The van der Waals surface area contributed by atoms with E-state index in [2.05, 4.69) is 0 Å². The Morgan fingerprint density at radius 1 is 1.33 bits per heavy atom. The van der Waals surface area contributed by atoms with Crippen molar-refractivity contribution in [2.24, 2.45) is 11.7 Å². The van der Waals surface area contributed by atoms with Gasteiger partial charge in [0.2, 0.25) is 10.0 Å². The van der Waals surface area contributed by atoms with Crippen LogP contribution in [0, 0.1) is 18.7 Å². The maximum Gasteiger partial charge on any atom is 0.242 e. The molecule has 1 unspecified atom stereocenters. The first-order valence-corrected chi connectivity index (χ1v) is 8.08. The molecule has 0 aliphatic carbocycles. The molecule has 0 amide bonds. The molecular weight excluding hydrogens is 315 g/mol. The first-order valence-electron chi connectivity index (χ1n) is 6.64. The highest BCUT2D eigenvalue weighted by molar-refractivity contribution is 7.89. The molecule has 0 radical (unpaired) electrons. The van der Waals surface area contributed by atoms with Crippen LogP contribution < -0.4 is 5.73 Å². The van der Waals surface area contributed by atoms with Gasteiger partial charge in [-0.3, -0.25) is 0 Å². The lowest BCUT2D eigenvalue weighted by molar-refractivity contribution is 0.397. The summed E-state index contributed by atoms with van der Waals surface area (Å²) in [6, 6.07) is 3.90. The van der Waals surface area contributed by atoms with E-state index in [0.717, 1.165) is 6.07 Å². The van der Waals surface area contributed by atoms with E-state index in [0.29, 0.717) is 24.4 Å². The average molecular weight is 339 g/mol. The van der Waals surface area contributed by atoms with Crippen LogP contribution in [0.2, 0.25) is 0 Å². The van der Waals surface area contributed by atoms with Gasteiger partial charge >= 0.3 is 0 Å². The van der Waals surface area contributed by atoms with Crippen molar-refractivity contribution in [3.8, 4) is 0 Å². The number of hydrogen-bond donors (Lipinski definition) is 1. The van der Waals surface area contributed by atoms with Crippen molar-refractivity contribution in [3.05, 3.63) is 29.6 Å². The van der Waals surface area contributed by atoms with E-state index in [9.17, 15) is 12.8 Å². The normalized spacial score (nSPS) is 13.3. The fourth-order valence-electron chi connectivity index (χ4n) is 1.70. The summed E-state index contributed by atoms with van der Waals surface area (Å²) in [5.74, 6) is -0.221. The standard InChI is InChI=1S/C14H23FN2O2S.ClH/c1-10(2)14(16)7-8-17(4)20(18,19)12-6-5-11(3)13(15)9-12;/h5-6,9-10,14H,7-8,16H2,1-4H3;1H. The maximum absolute atomic E-state index is 13.5. The van der Waals surface area contributed by atoms with Gasteiger partial charge in [0.05, 0.1) is 4.90 Å². The number of aryl methyl sites for hydroxylation is 1. The van der Waals surface area contributed by atoms with Crippen molar-refractivity contribution >= 4 is 22.4 Å². The van der Waals surface area contributed by atoms with Crippen LogP contribution in [-0.4, -0.2) is 32.4 Å². The maximum atomic E-state index is 13.5. The van der Waals surface area contributed by atoms with E-state index >= 15 is 0 Å². The number of sulfonamides is 1. The van der Waals surface area contributed by atoms with Crippen LogP contribution in [0.3, 0.4) is 0 Å². The predicted molar refractivity (Wildman–Crippen MR) is 85.6 cm³/mol. The lowest BCUT2D eigenvalue weighted by Crippen LogP contribution is -2.34. The van der Waals surface area contributed by atoms with Crippen LogP contribution in [0.25, 0.3) is 0 Å². The minimum Gasteiger partial charge on any atom is -0.327 e. The molecule has 2 N–H and O–H groups in total. The van der Waals surface area contributed by atoms with Gasteiger partial charge in [-0.15, -0.1) is 12.4 Å². The second kappa shape index (κ2) is 8.08. The summed E-state index contributed by atoms with van der Waals surface area (Å²) in [6.07, 6.45) is 0.571. The molecule has 4 nitrogen and oxygen atoms in total. The second-order valence-corrected chi connectivity index (χ2v) is 7.48. The van der Waals surface area contributed by atoms with Crippen LogP contribution in [0.1, 0.15) is 25.8 Å². The molecule has 0 spiro atoms. The Labute approximate surface area is 133 Å². The van der Waals surface area contributed by atoms with E-state index in [1.807, 2.05) is 13.8 Å². The summed E-state index contributed by atoms with van der Waals surface area (Å²) < 4.78 is 39.3.